The summed E-state index contributed by atoms with van der Waals surface area (Å²) in [4.78, 5) is 9.66. The average Bonchev–Trinajstić information content (AvgIpc) is 2.40. The van der Waals surface area contributed by atoms with E-state index in [1.807, 2.05) is 19.2 Å². The van der Waals surface area contributed by atoms with E-state index < -0.39 is 0 Å². The Hall–Kier alpha value is -1.39. The lowest BCUT2D eigenvalue weighted by molar-refractivity contribution is 0.641. The third-order valence-corrected chi connectivity index (χ3v) is 3.55. The zero-order valence-corrected chi connectivity index (χ0v) is 10.7. The third-order valence-electron chi connectivity index (χ3n) is 2.56. The Kier molecular flexibility index (Phi) is 4.12. The number of aromatic nitrogens is 2. The Morgan fingerprint density at radius 1 is 1.12 bits per heavy atom. The number of nitrogens with zero attached hydrogens (tertiary/aromatic N) is 2. The monoisotopic (exact) mass is 245 g/mol. The van der Waals surface area contributed by atoms with Gasteiger partial charge in [-0.2, -0.15) is 0 Å². The molecule has 0 saturated heterocycles. The van der Waals surface area contributed by atoms with E-state index in [2.05, 4.69) is 40.4 Å². The molecular weight excluding hydrogens is 230 g/mol. The van der Waals surface area contributed by atoms with Crippen molar-refractivity contribution in [3.8, 4) is 0 Å². The van der Waals surface area contributed by atoms with Gasteiger partial charge < -0.3 is 5.32 Å². The smallest absolute Gasteiger partial charge is 0.192 e. The van der Waals surface area contributed by atoms with Gasteiger partial charge in [-0.25, -0.2) is 9.97 Å². The van der Waals surface area contributed by atoms with E-state index in [1.165, 1.54) is 10.5 Å². The maximum Gasteiger partial charge on any atom is 0.192 e. The molecule has 2 rings (SSSR count). The van der Waals surface area contributed by atoms with Crippen LogP contribution in [0.5, 0.6) is 0 Å². The summed E-state index contributed by atoms with van der Waals surface area (Å²) >= 11 is 1.60. The zero-order valence-electron chi connectivity index (χ0n) is 9.92. The highest BCUT2D eigenvalue weighted by molar-refractivity contribution is 7.99. The normalized spacial score (nSPS) is 12.4. The van der Waals surface area contributed by atoms with Gasteiger partial charge in [0.25, 0.3) is 0 Å². The maximum atomic E-state index is 4.23. The van der Waals surface area contributed by atoms with Gasteiger partial charge >= 0.3 is 0 Å². The molecule has 1 atom stereocenters. The molecule has 1 heterocycles. The SMILES string of the molecule is CNC(C)c1ccccc1Sc1ncccn1. The van der Waals surface area contributed by atoms with Crippen molar-refractivity contribution in [1.29, 1.82) is 0 Å². The first-order chi connectivity index (χ1) is 8.31. The highest BCUT2D eigenvalue weighted by Crippen LogP contribution is 2.30. The molecule has 1 aromatic carbocycles. The molecule has 1 N–H and O–H groups in total. The van der Waals surface area contributed by atoms with Crippen LogP contribution in [-0.2, 0) is 0 Å². The molecule has 0 fully saturated rings. The van der Waals surface area contributed by atoms with E-state index in [9.17, 15) is 0 Å². The van der Waals surface area contributed by atoms with Crippen LogP contribution in [-0.4, -0.2) is 17.0 Å². The lowest BCUT2D eigenvalue weighted by Crippen LogP contribution is -2.13. The second kappa shape index (κ2) is 5.80. The minimum Gasteiger partial charge on any atom is -0.313 e. The maximum absolute atomic E-state index is 4.23. The number of rotatable bonds is 4. The molecular formula is C13H15N3S. The summed E-state index contributed by atoms with van der Waals surface area (Å²) in [5.41, 5.74) is 1.27. The first-order valence-electron chi connectivity index (χ1n) is 5.52. The van der Waals surface area contributed by atoms with E-state index in [1.54, 1.807) is 24.2 Å². The lowest BCUT2D eigenvalue weighted by atomic mass is 10.1. The Balaban J connectivity index is 2.27. The molecule has 88 valence electrons. The van der Waals surface area contributed by atoms with Crippen LogP contribution in [0.15, 0.2) is 52.8 Å². The van der Waals surface area contributed by atoms with Crippen LogP contribution in [0.3, 0.4) is 0 Å². The van der Waals surface area contributed by atoms with Gasteiger partial charge in [0.2, 0.25) is 0 Å². The van der Waals surface area contributed by atoms with Crippen molar-refractivity contribution in [2.45, 2.75) is 23.0 Å². The van der Waals surface area contributed by atoms with Gasteiger partial charge in [-0.3, -0.25) is 0 Å². The summed E-state index contributed by atoms with van der Waals surface area (Å²) in [6.45, 7) is 2.14. The fraction of sp³-hybridized carbons (Fsp3) is 0.231. The highest BCUT2D eigenvalue weighted by atomic mass is 32.2. The van der Waals surface area contributed by atoms with Crippen LogP contribution in [0, 0.1) is 0 Å². The van der Waals surface area contributed by atoms with Gasteiger partial charge in [0.1, 0.15) is 0 Å². The third kappa shape index (κ3) is 3.05. The minimum atomic E-state index is 0.322. The van der Waals surface area contributed by atoms with Crippen molar-refractivity contribution in [3.05, 3.63) is 48.3 Å². The fourth-order valence-electron chi connectivity index (χ4n) is 1.52. The molecule has 0 bridgehead atoms. The van der Waals surface area contributed by atoms with Crippen molar-refractivity contribution in [2.24, 2.45) is 0 Å². The van der Waals surface area contributed by atoms with Crippen LogP contribution in [0.25, 0.3) is 0 Å². The number of nitrogens with one attached hydrogen (secondary N) is 1. The Morgan fingerprint density at radius 2 is 1.82 bits per heavy atom. The van der Waals surface area contributed by atoms with Crippen molar-refractivity contribution >= 4 is 11.8 Å². The van der Waals surface area contributed by atoms with Crippen LogP contribution in [0.2, 0.25) is 0 Å². The largest absolute Gasteiger partial charge is 0.313 e. The van der Waals surface area contributed by atoms with Gasteiger partial charge in [-0.05, 0) is 43.4 Å². The molecule has 0 spiro atoms. The summed E-state index contributed by atoms with van der Waals surface area (Å²) in [6, 6.07) is 10.5. The Labute approximate surface area is 106 Å². The van der Waals surface area contributed by atoms with Gasteiger partial charge in [0, 0.05) is 23.3 Å². The molecule has 4 heteroatoms. The van der Waals surface area contributed by atoms with Crippen LogP contribution >= 0.6 is 11.8 Å². The van der Waals surface area contributed by atoms with Crippen LogP contribution < -0.4 is 5.32 Å². The number of hydrogen-bond acceptors (Lipinski definition) is 4. The van der Waals surface area contributed by atoms with Crippen molar-refractivity contribution in [2.75, 3.05) is 7.05 Å². The predicted octanol–water partition coefficient (Wildman–Crippen LogP) is 2.91. The van der Waals surface area contributed by atoms with Crippen LogP contribution in [0.1, 0.15) is 18.5 Å². The Bertz CT molecular complexity index is 473. The molecule has 2 aromatic rings. The highest BCUT2D eigenvalue weighted by Gasteiger charge is 2.10. The quantitative estimate of drug-likeness (QED) is 0.840. The van der Waals surface area contributed by atoms with Gasteiger partial charge in [-0.1, -0.05) is 18.2 Å². The van der Waals surface area contributed by atoms with E-state index in [4.69, 9.17) is 0 Å². The molecule has 0 aliphatic heterocycles. The molecule has 0 saturated carbocycles. The first kappa shape index (κ1) is 12.1. The summed E-state index contributed by atoms with van der Waals surface area (Å²) in [6.07, 6.45) is 3.53. The van der Waals surface area contributed by atoms with E-state index in [0.717, 1.165) is 5.16 Å². The molecule has 0 radical (unpaired) electrons. The molecule has 1 unspecified atom stereocenters. The zero-order chi connectivity index (χ0) is 12.1. The number of benzene rings is 1. The number of hydrogen-bond donors (Lipinski definition) is 1. The summed E-state index contributed by atoms with van der Waals surface area (Å²) < 4.78 is 0. The van der Waals surface area contributed by atoms with E-state index in [0.29, 0.717) is 6.04 Å². The summed E-state index contributed by atoms with van der Waals surface area (Å²) in [5, 5.41) is 4.03. The topological polar surface area (TPSA) is 37.8 Å². The van der Waals surface area contributed by atoms with Crippen molar-refractivity contribution in [3.63, 3.8) is 0 Å². The molecule has 3 nitrogen and oxygen atoms in total. The molecule has 0 amide bonds. The Morgan fingerprint density at radius 3 is 2.53 bits per heavy atom. The van der Waals surface area contributed by atoms with E-state index in [-0.39, 0.29) is 0 Å². The van der Waals surface area contributed by atoms with Gasteiger partial charge in [0.05, 0.1) is 0 Å². The lowest BCUT2D eigenvalue weighted by Gasteiger charge is -2.14. The van der Waals surface area contributed by atoms with Crippen LogP contribution in [0.4, 0.5) is 0 Å². The fourth-order valence-corrected chi connectivity index (χ4v) is 2.46. The molecule has 1 aromatic heterocycles. The predicted molar refractivity (Wildman–Crippen MR) is 70.1 cm³/mol. The van der Waals surface area contributed by atoms with E-state index >= 15 is 0 Å². The van der Waals surface area contributed by atoms with Gasteiger partial charge in [0.15, 0.2) is 5.16 Å². The second-order valence-corrected chi connectivity index (χ2v) is 4.69. The standard InChI is InChI=1S/C13H15N3S/c1-10(14-2)11-6-3-4-7-12(11)17-13-15-8-5-9-16-13/h3-10,14H,1-2H3. The molecule has 0 aliphatic rings. The summed E-state index contributed by atoms with van der Waals surface area (Å²) in [5.74, 6) is 0. The van der Waals surface area contributed by atoms with Crippen molar-refractivity contribution < 1.29 is 0 Å². The average molecular weight is 245 g/mol. The van der Waals surface area contributed by atoms with Crippen molar-refractivity contribution in [1.82, 2.24) is 15.3 Å². The molecule has 0 aliphatic carbocycles. The second-order valence-electron chi connectivity index (χ2n) is 3.68. The first-order valence-corrected chi connectivity index (χ1v) is 6.34. The minimum absolute atomic E-state index is 0.322. The summed E-state index contributed by atoms with van der Waals surface area (Å²) in [7, 11) is 1.96. The van der Waals surface area contributed by atoms with Gasteiger partial charge in [-0.15, -0.1) is 0 Å². The molecule has 17 heavy (non-hydrogen) atoms.